The molecule has 0 radical (unpaired) electrons. The monoisotopic (exact) mass is 188 g/mol. The van der Waals surface area contributed by atoms with Gasteiger partial charge in [0.15, 0.2) is 0 Å². The van der Waals surface area contributed by atoms with E-state index in [-0.39, 0.29) is 6.04 Å². The van der Waals surface area contributed by atoms with E-state index in [1.165, 1.54) is 0 Å². The fraction of sp³-hybridized carbons (Fsp3) is 0.333. The number of anilines is 1. The summed E-state index contributed by atoms with van der Waals surface area (Å²) >= 11 is 0. The molecule has 0 bridgehead atoms. The van der Waals surface area contributed by atoms with E-state index in [1.807, 2.05) is 43.1 Å². The molecule has 0 fully saturated rings. The Balaban J connectivity index is 3.01. The highest BCUT2D eigenvalue weighted by atomic mass is 15.1. The van der Waals surface area contributed by atoms with Gasteiger partial charge in [-0.25, -0.2) is 0 Å². The third-order valence-corrected chi connectivity index (χ3v) is 2.17. The first-order valence-electron chi connectivity index (χ1n) is 4.66. The molecule has 0 saturated carbocycles. The number of nitrogens with zero attached hydrogens (tertiary/aromatic N) is 1. The number of rotatable bonds is 3. The Morgan fingerprint density at radius 1 is 1.50 bits per heavy atom. The zero-order valence-corrected chi connectivity index (χ0v) is 8.70. The largest absolute Gasteiger partial charge is 0.363 e. The van der Waals surface area contributed by atoms with Gasteiger partial charge in [-0.05, 0) is 18.6 Å². The number of hydrogen-bond acceptors (Lipinski definition) is 2. The van der Waals surface area contributed by atoms with Crippen molar-refractivity contribution in [2.24, 2.45) is 5.73 Å². The molecule has 0 amide bonds. The van der Waals surface area contributed by atoms with Crippen LogP contribution in [0.3, 0.4) is 0 Å². The standard InChI is InChI=1S/C12H16N2/c1-4-9-14(3)12-8-6-5-7-11(12)10(2)13/h1,5-8,10H,9,13H2,2-3H3/t10-/m0/s1. The Bertz CT molecular complexity index is 336. The first-order valence-corrected chi connectivity index (χ1v) is 4.66. The van der Waals surface area contributed by atoms with E-state index in [2.05, 4.69) is 5.92 Å². The van der Waals surface area contributed by atoms with E-state index < -0.39 is 0 Å². The van der Waals surface area contributed by atoms with Crippen LogP contribution in [0.5, 0.6) is 0 Å². The molecular weight excluding hydrogens is 172 g/mol. The van der Waals surface area contributed by atoms with Crippen molar-refractivity contribution in [3.05, 3.63) is 29.8 Å². The van der Waals surface area contributed by atoms with Crippen molar-refractivity contribution < 1.29 is 0 Å². The topological polar surface area (TPSA) is 29.3 Å². The van der Waals surface area contributed by atoms with Crippen LogP contribution in [0.1, 0.15) is 18.5 Å². The average Bonchev–Trinajstić information content (AvgIpc) is 2.18. The van der Waals surface area contributed by atoms with Gasteiger partial charge >= 0.3 is 0 Å². The molecule has 1 aromatic carbocycles. The summed E-state index contributed by atoms with van der Waals surface area (Å²) in [5, 5.41) is 0. The number of para-hydroxylation sites is 1. The Hall–Kier alpha value is -1.46. The Morgan fingerprint density at radius 3 is 2.71 bits per heavy atom. The van der Waals surface area contributed by atoms with Gasteiger partial charge in [0.25, 0.3) is 0 Å². The molecule has 1 rings (SSSR count). The minimum absolute atomic E-state index is 0.0337. The molecule has 2 N–H and O–H groups in total. The van der Waals surface area contributed by atoms with Crippen molar-refractivity contribution in [3.63, 3.8) is 0 Å². The van der Waals surface area contributed by atoms with Crippen LogP contribution in [0.2, 0.25) is 0 Å². The molecule has 0 aliphatic carbocycles. The summed E-state index contributed by atoms with van der Waals surface area (Å²) in [5.41, 5.74) is 8.11. The predicted molar refractivity (Wildman–Crippen MR) is 61.1 cm³/mol. The first kappa shape index (κ1) is 10.6. The summed E-state index contributed by atoms with van der Waals surface area (Å²) in [6.07, 6.45) is 5.27. The maximum Gasteiger partial charge on any atom is 0.0788 e. The van der Waals surface area contributed by atoms with Gasteiger partial charge in [0, 0.05) is 18.8 Å². The molecule has 0 aliphatic rings. The lowest BCUT2D eigenvalue weighted by Gasteiger charge is -2.21. The van der Waals surface area contributed by atoms with E-state index in [0.29, 0.717) is 6.54 Å². The SMILES string of the molecule is C#CCN(C)c1ccccc1[C@H](C)N. The number of benzene rings is 1. The molecule has 14 heavy (non-hydrogen) atoms. The van der Waals surface area contributed by atoms with Gasteiger partial charge in [0.1, 0.15) is 0 Å². The first-order chi connectivity index (χ1) is 6.66. The number of hydrogen-bond donors (Lipinski definition) is 1. The van der Waals surface area contributed by atoms with Crippen LogP contribution in [-0.2, 0) is 0 Å². The third kappa shape index (κ3) is 2.27. The van der Waals surface area contributed by atoms with Crippen LogP contribution in [0.4, 0.5) is 5.69 Å². The molecule has 0 aliphatic heterocycles. The fourth-order valence-corrected chi connectivity index (χ4v) is 1.44. The van der Waals surface area contributed by atoms with Crippen molar-refractivity contribution in [1.29, 1.82) is 0 Å². The molecule has 74 valence electrons. The van der Waals surface area contributed by atoms with Crippen LogP contribution in [0.25, 0.3) is 0 Å². The second-order valence-electron chi connectivity index (χ2n) is 3.41. The van der Waals surface area contributed by atoms with Crippen LogP contribution in [0, 0.1) is 12.3 Å². The predicted octanol–water partition coefficient (Wildman–Crippen LogP) is 1.78. The van der Waals surface area contributed by atoms with Gasteiger partial charge in [-0.1, -0.05) is 24.1 Å². The highest BCUT2D eigenvalue weighted by molar-refractivity contribution is 5.54. The lowest BCUT2D eigenvalue weighted by atomic mass is 10.1. The molecule has 0 spiro atoms. The van der Waals surface area contributed by atoms with E-state index in [9.17, 15) is 0 Å². The van der Waals surface area contributed by atoms with Crippen molar-refractivity contribution in [2.75, 3.05) is 18.5 Å². The normalized spacial score (nSPS) is 11.9. The van der Waals surface area contributed by atoms with Crippen molar-refractivity contribution in [3.8, 4) is 12.3 Å². The van der Waals surface area contributed by atoms with Gasteiger partial charge in [0.2, 0.25) is 0 Å². The van der Waals surface area contributed by atoms with Gasteiger partial charge in [0.05, 0.1) is 6.54 Å². The van der Waals surface area contributed by atoms with E-state index >= 15 is 0 Å². The molecule has 0 aromatic heterocycles. The second-order valence-corrected chi connectivity index (χ2v) is 3.41. The summed E-state index contributed by atoms with van der Waals surface area (Å²) in [4.78, 5) is 2.03. The van der Waals surface area contributed by atoms with Crippen LogP contribution in [-0.4, -0.2) is 13.6 Å². The second kappa shape index (κ2) is 4.69. The fourth-order valence-electron chi connectivity index (χ4n) is 1.44. The van der Waals surface area contributed by atoms with E-state index in [0.717, 1.165) is 11.3 Å². The Labute approximate surface area is 85.7 Å². The van der Waals surface area contributed by atoms with E-state index in [4.69, 9.17) is 12.2 Å². The summed E-state index contributed by atoms with van der Waals surface area (Å²) in [6.45, 7) is 2.58. The van der Waals surface area contributed by atoms with Gasteiger partial charge in [-0.3, -0.25) is 0 Å². The minimum Gasteiger partial charge on any atom is -0.363 e. The number of nitrogens with two attached hydrogens (primary N) is 1. The van der Waals surface area contributed by atoms with Crippen LogP contribution in [0.15, 0.2) is 24.3 Å². The van der Waals surface area contributed by atoms with Crippen molar-refractivity contribution in [2.45, 2.75) is 13.0 Å². The highest BCUT2D eigenvalue weighted by Crippen LogP contribution is 2.23. The lowest BCUT2D eigenvalue weighted by molar-refractivity contribution is 0.810. The summed E-state index contributed by atoms with van der Waals surface area (Å²) in [7, 11) is 1.97. The Kier molecular flexibility index (Phi) is 3.55. The quantitative estimate of drug-likeness (QED) is 0.733. The molecule has 0 saturated heterocycles. The van der Waals surface area contributed by atoms with Gasteiger partial charge in [-0.15, -0.1) is 6.42 Å². The maximum absolute atomic E-state index is 5.87. The maximum atomic E-state index is 5.87. The van der Waals surface area contributed by atoms with Crippen LogP contribution >= 0.6 is 0 Å². The molecule has 0 heterocycles. The van der Waals surface area contributed by atoms with Gasteiger partial charge < -0.3 is 10.6 Å². The lowest BCUT2D eigenvalue weighted by Crippen LogP contribution is -2.20. The third-order valence-electron chi connectivity index (χ3n) is 2.17. The van der Waals surface area contributed by atoms with Crippen molar-refractivity contribution >= 4 is 5.69 Å². The van der Waals surface area contributed by atoms with E-state index in [1.54, 1.807) is 0 Å². The summed E-state index contributed by atoms with van der Waals surface area (Å²) in [6, 6.07) is 8.09. The smallest absolute Gasteiger partial charge is 0.0788 e. The summed E-state index contributed by atoms with van der Waals surface area (Å²) < 4.78 is 0. The highest BCUT2D eigenvalue weighted by Gasteiger charge is 2.08. The number of terminal acetylenes is 1. The molecular formula is C12H16N2. The van der Waals surface area contributed by atoms with Gasteiger partial charge in [-0.2, -0.15) is 0 Å². The van der Waals surface area contributed by atoms with Crippen molar-refractivity contribution in [1.82, 2.24) is 0 Å². The Morgan fingerprint density at radius 2 is 2.14 bits per heavy atom. The summed E-state index contributed by atoms with van der Waals surface area (Å²) in [5.74, 6) is 2.62. The molecule has 1 atom stereocenters. The molecule has 0 unspecified atom stereocenters. The molecule has 2 heteroatoms. The molecule has 2 nitrogen and oxygen atoms in total. The zero-order chi connectivity index (χ0) is 10.6. The molecule has 1 aromatic rings. The zero-order valence-electron chi connectivity index (χ0n) is 8.70. The average molecular weight is 188 g/mol. The van der Waals surface area contributed by atoms with Crippen LogP contribution < -0.4 is 10.6 Å². The minimum atomic E-state index is 0.0337.